The predicted octanol–water partition coefficient (Wildman–Crippen LogP) is 7.34. The van der Waals surface area contributed by atoms with E-state index < -0.39 is 0 Å². The Bertz CT molecular complexity index is 729. The van der Waals surface area contributed by atoms with E-state index in [2.05, 4.69) is 67.5 Å². The summed E-state index contributed by atoms with van der Waals surface area (Å²) in [6.07, 6.45) is 10.7. The fourth-order valence-corrected chi connectivity index (χ4v) is 7.17. The lowest BCUT2D eigenvalue weighted by molar-refractivity contribution is 0.0970. The van der Waals surface area contributed by atoms with E-state index in [1.807, 2.05) is 0 Å². The van der Waals surface area contributed by atoms with Crippen LogP contribution >= 0.6 is 12.4 Å². The molecule has 0 spiro atoms. The second-order valence-corrected chi connectivity index (χ2v) is 12.6. The van der Waals surface area contributed by atoms with Gasteiger partial charge >= 0.3 is 0 Å². The number of benzene rings is 1. The lowest BCUT2D eigenvalue weighted by Gasteiger charge is -2.46. The average Bonchev–Trinajstić information content (AvgIpc) is 2.76. The maximum absolute atomic E-state index is 2.71. The van der Waals surface area contributed by atoms with Crippen molar-refractivity contribution in [2.75, 3.05) is 55.6 Å². The summed E-state index contributed by atoms with van der Waals surface area (Å²) in [7, 11) is 0. The number of hydrogen-bond acceptors (Lipinski definition) is 3. The average molecular weight is 476 g/mol. The highest BCUT2D eigenvalue weighted by Crippen LogP contribution is 2.53. The van der Waals surface area contributed by atoms with Crippen LogP contribution in [0.2, 0.25) is 0 Å². The third-order valence-corrected chi connectivity index (χ3v) is 8.27. The minimum absolute atomic E-state index is 0. The Labute approximate surface area is 210 Å². The summed E-state index contributed by atoms with van der Waals surface area (Å²) >= 11 is 0. The smallest absolute Gasteiger partial charge is 0.0404 e. The summed E-state index contributed by atoms with van der Waals surface area (Å²) in [6, 6.07) is 7.55. The standard InChI is InChI=1S/C29H49N3.ClH/c1-6-7-13-30-16-18-32(19-17-30)27-12-11-25(31-14-9-8-10-15-31)20-26(27)24-21-28(2,3)23-29(4,5)22-24;/h11-12,20,24H,6-10,13-19,21-23H2,1-5H3;1H. The Morgan fingerprint density at radius 2 is 1.45 bits per heavy atom. The summed E-state index contributed by atoms with van der Waals surface area (Å²) in [4.78, 5) is 8.04. The normalized spacial score (nSPS) is 23.9. The van der Waals surface area contributed by atoms with Gasteiger partial charge in [0.1, 0.15) is 0 Å². The second kappa shape index (κ2) is 11.2. The molecule has 4 heteroatoms. The topological polar surface area (TPSA) is 9.72 Å². The first-order valence-corrected chi connectivity index (χ1v) is 13.6. The van der Waals surface area contributed by atoms with Gasteiger partial charge in [-0.2, -0.15) is 0 Å². The van der Waals surface area contributed by atoms with Gasteiger partial charge in [-0.15, -0.1) is 12.4 Å². The monoisotopic (exact) mass is 475 g/mol. The van der Waals surface area contributed by atoms with E-state index in [1.54, 1.807) is 11.3 Å². The van der Waals surface area contributed by atoms with Crippen LogP contribution in [-0.2, 0) is 0 Å². The molecule has 1 saturated carbocycles. The van der Waals surface area contributed by atoms with Crippen molar-refractivity contribution < 1.29 is 0 Å². The lowest BCUT2D eigenvalue weighted by Crippen LogP contribution is -2.47. The number of hydrogen-bond donors (Lipinski definition) is 0. The van der Waals surface area contributed by atoms with Crippen LogP contribution in [0.3, 0.4) is 0 Å². The fourth-order valence-electron chi connectivity index (χ4n) is 7.17. The molecule has 4 rings (SSSR count). The fraction of sp³-hybridized carbons (Fsp3) is 0.793. The molecule has 0 atom stereocenters. The van der Waals surface area contributed by atoms with E-state index in [9.17, 15) is 0 Å². The largest absolute Gasteiger partial charge is 0.372 e. The van der Waals surface area contributed by atoms with Crippen molar-refractivity contribution in [3.05, 3.63) is 23.8 Å². The first kappa shape index (κ1) is 26.7. The van der Waals surface area contributed by atoms with Crippen molar-refractivity contribution in [2.45, 2.75) is 91.9 Å². The van der Waals surface area contributed by atoms with Crippen molar-refractivity contribution in [3.8, 4) is 0 Å². The molecule has 0 unspecified atom stereocenters. The maximum Gasteiger partial charge on any atom is 0.0404 e. The van der Waals surface area contributed by atoms with Crippen LogP contribution in [0.4, 0.5) is 11.4 Å². The number of unbranched alkanes of at least 4 members (excludes halogenated alkanes) is 1. The van der Waals surface area contributed by atoms with Gasteiger partial charge in [-0.25, -0.2) is 0 Å². The van der Waals surface area contributed by atoms with Crippen LogP contribution in [0.5, 0.6) is 0 Å². The van der Waals surface area contributed by atoms with Gasteiger partial charge in [0.05, 0.1) is 0 Å². The number of halogens is 1. The molecule has 0 N–H and O–H groups in total. The Hall–Kier alpha value is -0.930. The molecule has 0 amide bonds. The molecule has 2 saturated heterocycles. The SMILES string of the molecule is CCCCN1CCN(c2ccc(N3CCCCC3)cc2C2CC(C)(C)CC(C)(C)C2)CC1.Cl. The van der Waals surface area contributed by atoms with E-state index in [0.29, 0.717) is 16.7 Å². The number of anilines is 2. The number of nitrogens with zero attached hydrogens (tertiary/aromatic N) is 3. The van der Waals surface area contributed by atoms with Gasteiger partial charge in [0, 0.05) is 50.6 Å². The molecule has 33 heavy (non-hydrogen) atoms. The van der Waals surface area contributed by atoms with Crippen molar-refractivity contribution >= 4 is 23.8 Å². The van der Waals surface area contributed by atoms with E-state index in [1.165, 1.54) is 103 Å². The van der Waals surface area contributed by atoms with Crippen LogP contribution in [0.25, 0.3) is 0 Å². The molecule has 1 aromatic rings. The zero-order valence-electron chi connectivity index (χ0n) is 22.2. The summed E-state index contributed by atoms with van der Waals surface area (Å²) in [5.74, 6) is 0.673. The molecule has 1 aromatic carbocycles. The van der Waals surface area contributed by atoms with Gasteiger partial charge < -0.3 is 9.80 Å². The zero-order valence-corrected chi connectivity index (χ0v) is 23.0. The van der Waals surface area contributed by atoms with Gasteiger partial charge in [0.2, 0.25) is 0 Å². The summed E-state index contributed by atoms with van der Waals surface area (Å²) in [6.45, 7) is 20.8. The quantitative estimate of drug-likeness (QED) is 0.426. The molecule has 188 valence electrons. The van der Waals surface area contributed by atoms with Crippen LogP contribution in [0, 0.1) is 10.8 Å². The highest BCUT2D eigenvalue weighted by atomic mass is 35.5. The van der Waals surface area contributed by atoms with E-state index in [-0.39, 0.29) is 12.4 Å². The van der Waals surface area contributed by atoms with E-state index in [4.69, 9.17) is 0 Å². The summed E-state index contributed by atoms with van der Waals surface area (Å²) in [5, 5.41) is 0. The van der Waals surface area contributed by atoms with Gasteiger partial charge in [-0.05, 0) is 92.0 Å². The molecular formula is C29H50ClN3. The van der Waals surface area contributed by atoms with E-state index in [0.717, 1.165) is 0 Å². The van der Waals surface area contributed by atoms with Crippen LogP contribution in [0.1, 0.15) is 97.5 Å². The van der Waals surface area contributed by atoms with Crippen LogP contribution in [-0.4, -0.2) is 50.7 Å². The summed E-state index contributed by atoms with van der Waals surface area (Å²) < 4.78 is 0. The minimum Gasteiger partial charge on any atom is -0.372 e. The van der Waals surface area contributed by atoms with Crippen molar-refractivity contribution in [1.82, 2.24) is 4.90 Å². The number of piperidine rings is 1. The van der Waals surface area contributed by atoms with Gasteiger partial charge in [-0.3, -0.25) is 4.90 Å². The van der Waals surface area contributed by atoms with Crippen molar-refractivity contribution in [1.29, 1.82) is 0 Å². The first-order chi connectivity index (χ1) is 15.3. The lowest BCUT2D eigenvalue weighted by atomic mass is 9.60. The third-order valence-electron chi connectivity index (χ3n) is 8.27. The predicted molar refractivity (Wildman–Crippen MR) is 147 cm³/mol. The number of rotatable bonds is 6. The van der Waals surface area contributed by atoms with Gasteiger partial charge in [0.25, 0.3) is 0 Å². The molecule has 0 bridgehead atoms. The molecule has 1 aliphatic carbocycles. The molecule has 0 radical (unpaired) electrons. The Kier molecular flexibility index (Phi) is 9.06. The Morgan fingerprint density at radius 1 is 0.818 bits per heavy atom. The Morgan fingerprint density at radius 3 is 2.06 bits per heavy atom. The first-order valence-electron chi connectivity index (χ1n) is 13.6. The van der Waals surface area contributed by atoms with Gasteiger partial charge in [0.15, 0.2) is 0 Å². The molecule has 2 aliphatic heterocycles. The second-order valence-electron chi connectivity index (χ2n) is 12.6. The third kappa shape index (κ3) is 6.82. The van der Waals surface area contributed by atoms with Crippen molar-refractivity contribution in [2.24, 2.45) is 10.8 Å². The molecule has 0 aromatic heterocycles. The molecule has 3 fully saturated rings. The number of piperazine rings is 1. The van der Waals surface area contributed by atoms with Crippen molar-refractivity contribution in [3.63, 3.8) is 0 Å². The molecule has 3 nitrogen and oxygen atoms in total. The maximum atomic E-state index is 2.71. The molecular weight excluding hydrogens is 426 g/mol. The van der Waals surface area contributed by atoms with Gasteiger partial charge in [-0.1, -0.05) is 41.0 Å². The Balaban J connectivity index is 0.00000306. The highest BCUT2D eigenvalue weighted by Gasteiger charge is 2.40. The van der Waals surface area contributed by atoms with Crippen LogP contribution in [0.15, 0.2) is 18.2 Å². The van der Waals surface area contributed by atoms with Crippen LogP contribution < -0.4 is 9.80 Å². The molecule has 2 heterocycles. The summed E-state index contributed by atoms with van der Waals surface area (Å²) in [5.41, 5.74) is 5.51. The van der Waals surface area contributed by atoms with E-state index >= 15 is 0 Å². The highest BCUT2D eigenvalue weighted by molar-refractivity contribution is 5.85. The minimum atomic E-state index is 0. The zero-order chi connectivity index (χ0) is 22.8. The molecule has 3 aliphatic rings.